The highest BCUT2D eigenvalue weighted by Crippen LogP contribution is 2.34. The van der Waals surface area contributed by atoms with Crippen molar-refractivity contribution < 1.29 is 140 Å². The largest absolute Gasteiger partial charge is 0.462 e. The van der Waals surface area contributed by atoms with Crippen LogP contribution in [0.15, 0.2) is 97.1 Å². The molecule has 20 N–H and O–H groups in total. The maximum Gasteiger partial charge on any atom is 0.229 e. The molecule has 92 heavy (non-hydrogen) atoms. The molecule has 0 spiro atoms. The second kappa shape index (κ2) is 36.3. The second-order valence-corrected chi connectivity index (χ2v) is 23.8. The summed E-state index contributed by atoms with van der Waals surface area (Å²) in [5, 5.41) is 198. The van der Waals surface area contributed by atoms with Gasteiger partial charge in [0, 0.05) is 26.4 Å². The van der Waals surface area contributed by atoms with Gasteiger partial charge in [0.2, 0.25) is 25.2 Å². The van der Waals surface area contributed by atoms with Gasteiger partial charge in [0.1, 0.15) is 121 Å². The van der Waals surface area contributed by atoms with Gasteiger partial charge in [-0.2, -0.15) is 0 Å². The molecule has 8 rings (SSSR count). The van der Waals surface area contributed by atoms with Crippen molar-refractivity contribution in [1.29, 1.82) is 0 Å². The molecule has 4 aromatic carbocycles. The molecule has 24 atom stereocenters. The Morgan fingerprint density at radius 2 is 0.478 bits per heavy atom. The molecule has 0 saturated carbocycles. The topological polar surface area (TPSA) is 478 Å². The fraction of sp³-hybridized carbons (Fsp3) is 0.625. The Bertz CT molecular complexity index is 2510. The van der Waals surface area contributed by atoms with Gasteiger partial charge in [-0.15, -0.1) is 0 Å². The van der Waals surface area contributed by atoms with E-state index in [0.717, 1.165) is 22.3 Å². The van der Waals surface area contributed by atoms with Crippen LogP contribution in [-0.4, -0.2) is 278 Å². The van der Waals surface area contributed by atoms with Gasteiger partial charge in [-0.3, -0.25) is 0 Å². The van der Waals surface area contributed by atoms with Crippen LogP contribution in [0.5, 0.6) is 23.0 Å². The Kier molecular flexibility index (Phi) is 29.4. The van der Waals surface area contributed by atoms with E-state index in [4.69, 9.17) is 37.9 Å². The molecule has 4 aromatic rings. The average molecular weight is 1310 g/mol. The number of hydrogen-bond donors (Lipinski definition) is 20. The SMILES string of the molecule is OCCC[C@@H](Cc1ccc(O[C@@H]2O[C@H](CO)[C@@H](O)[C@H](O)[C@H]2O)cc1)[C@@H](CO)Cc1ccc(O[C@@H]2O[C@H](CO)[C@@H](O)[C@H](O)[C@H]2O)cc1.OCCC[C@H](Cc1ccc(O[C@@H]2O[C@H](CO)[C@@H](O)[C@H](O)[C@H]2O)cc1)[C@H](CO)Cc1ccc(O[C@@H]2O[C@H](CO)[C@@H](O)[C@H](O)[C@H]2O)cc1. The monoisotopic (exact) mass is 1310 g/mol. The van der Waals surface area contributed by atoms with Gasteiger partial charge < -0.3 is 140 Å². The van der Waals surface area contributed by atoms with Crippen molar-refractivity contribution in [2.45, 2.75) is 174 Å². The molecule has 4 fully saturated rings. The lowest BCUT2D eigenvalue weighted by atomic mass is 9.80. The third kappa shape index (κ3) is 19.6. The van der Waals surface area contributed by atoms with Crippen molar-refractivity contribution in [3.8, 4) is 23.0 Å². The summed E-state index contributed by atoms with van der Waals surface area (Å²) >= 11 is 0. The van der Waals surface area contributed by atoms with E-state index in [2.05, 4.69) is 0 Å². The van der Waals surface area contributed by atoms with Crippen LogP contribution in [0, 0.1) is 23.7 Å². The number of rotatable bonds is 30. The van der Waals surface area contributed by atoms with Crippen molar-refractivity contribution >= 4 is 0 Å². The molecule has 0 amide bonds. The zero-order valence-corrected chi connectivity index (χ0v) is 50.6. The average Bonchev–Trinajstić information content (AvgIpc) is 1.93. The Labute approximate surface area is 531 Å². The van der Waals surface area contributed by atoms with Crippen LogP contribution in [-0.2, 0) is 44.6 Å². The zero-order valence-electron chi connectivity index (χ0n) is 50.6. The van der Waals surface area contributed by atoms with Crippen LogP contribution in [0.3, 0.4) is 0 Å². The summed E-state index contributed by atoms with van der Waals surface area (Å²) in [7, 11) is 0. The first-order chi connectivity index (χ1) is 44.2. The summed E-state index contributed by atoms with van der Waals surface area (Å²) in [6.07, 6.45) is -23.2. The van der Waals surface area contributed by atoms with E-state index in [-0.39, 0.29) is 50.1 Å². The molecule has 0 aromatic heterocycles. The molecule has 0 radical (unpaired) electrons. The summed E-state index contributed by atoms with van der Waals surface area (Å²) in [6, 6.07) is 27.8. The predicted molar refractivity (Wildman–Crippen MR) is 319 cm³/mol. The minimum absolute atomic E-state index is 0.000548. The predicted octanol–water partition coefficient (Wildman–Crippen LogP) is -4.35. The van der Waals surface area contributed by atoms with Crippen LogP contribution >= 0.6 is 0 Å². The standard InChI is InChI=1S/2C32H46O14/c2*33-11-1-2-19(12-17-3-7-21(8-4-17)43-31-29(41)27(39)25(37)23(15-35)45-31)20(14-34)13-18-5-9-22(10-6-18)44-32-30(42)28(40)26(38)24(16-36)46-32/h2*3-10,19-20,23-42H,1-2,11-16H2/t19-,20+,23+,24+,25+,26+,27-,28-,29+,30+,31+,32+;19-,20+,23-,24-,25-,26-,27+,28+,29-,30-,31-,32-/m01/s1. The highest BCUT2D eigenvalue weighted by Gasteiger charge is 2.48. The van der Waals surface area contributed by atoms with E-state index in [1.54, 1.807) is 72.8 Å². The van der Waals surface area contributed by atoms with Gasteiger partial charge in [0.15, 0.2) is 0 Å². The molecule has 4 aliphatic rings. The molecule has 4 heterocycles. The molecule has 28 nitrogen and oxygen atoms in total. The van der Waals surface area contributed by atoms with E-state index < -0.39 is 149 Å². The molecular formula is C64H92O28. The first-order valence-electron chi connectivity index (χ1n) is 30.9. The Balaban J connectivity index is 0.000000261. The van der Waals surface area contributed by atoms with E-state index in [0.29, 0.717) is 74.4 Å². The fourth-order valence-corrected chi connectivity index (χ4v) is 11.7. The Morgan fingerprint density at radius 3 is 0.663 bits per heavy atom. The summed E-state index contributed by atoms with van der Waals surface area (Å²) in [4.78, 5) is 0. The minimum Gasteiger partial charge on any atom is -0.462 e. The lowest BCUT2D eigenvalue weighted by Gasteiger charge is -2.39. The highest BCUT2D eigenvalue weighted by molar-refractivity contribution is 5.32. The smallest absolute Gasteiger partial charge is 0.229 e. The van der Waals surface area contributed by atoms with Gasteiger partial charge in [-0.25, -0.2) is 0 Å². The van der Waals surface area contributed by atoms with E-state index in [1.165, 1.54) is 0 Å². The summed E-state index contributed by atoms with van der Waals surface area (Å²) < 4.78 is 44.3. The van der Waals surface area contributed by atoms with Crippen molar-refractivity contribution in [3.63, 3.8) is 0 Å². The molecule has 4 aliphatic heterocycles. The molecule has 0 bridgehead atoms. The first kappa shape index (κ1) is 74.5. The third-order valence-corrected chi connectivity index (χ3v) is 17.4. The number of benzene rings is 4. The second-order valence-electron chi connectivity index (χ2n) is 23.8. The number of aliphatic hydroxyl groups excluding tert-OH is 20. The van der Waals surface area contributed by atoms with Crippen LogP contribution in [0.25, 0.3) is 0 Å². The molecule has 4 saturated heterocycles. The Hall–Kier alpha value is -4.88. The Morgan fingerprint density at radius 1 is 0.272 bits per heavy atom. The fourth-order valence-electron chi connectivity index (χ4n) is 11.7. The molecule has 0 unspecified atom stereocenters. The molecule has 28 heteroatoms. The number of ether oxygens (including phenoxy) is 8. The van der Waals surface area contributed by atoms with Gasteiger partial charge in [-0.1, -0.05) is 48.5 Å². The van der Waals surface area contributed by atoms with Crippen molar-refractivity contribution in [2.24, 2.45) is 23.7 Å². The summed E-state index contributed by atoms with van der Waals surface area (Å²) in [5.41, 5.74) is 3.67. The summed E-state index contributed by atoms with van der Waals surface area (Å²) in [5.74, 6) is 1.02. The van der Waals surface area contributed by atoms with Crippen LogP contribution in [0.1, 0.15) is 47.9 Å². The molecule has 516 valence electrons. The van der Waals surface area contributed by atoms with Crippen molar-refractivity contribution in [2.75, 3.05) is 52.9 Å². The molecule has 0 aliphatic carbocycles. The van der Waals surface area contributed by atoms with E-state index >= 15 is 0 Å². The lowest BCUT2D eigenvalue weighted by molar-refractivity contribution is -0.277. The maximum absolute atomic E-state index is 10.4. The van der Waals surface area contributed by atoms with Crippen LogP contribution in [0.4, 0.5) is 0 Å². The third-order valence-electron chi connectivity index (χ3n) is 17.4. The number of hydrogen-bond acceptors (Lipinski definition) is 28. The summed E-state index contributed by atoms with van der Waals surface area (Å²) in [6.45, 7) is -2.45. The van der Waals surface area contributed by atoms with Crippen LogP contribution in [0.2, 0.25) is 0 Å². The first-order valence-corrected chi connectivity index (χ1v) is 30.9. The quantitative estimate of drug-likeness (QED) is 0.0235. The van der Waals surface area contributed by atoms with Gasteiger partial charge >= 0.3 is 0 Å². The van der Waals surface area contributed by atoms with Gasteiger partial charge in [-0.05, 0) is 146 Å². The number of aliphatic hydroxyl groups is 20. The van der Waals surface area contributed by atoms with E-state index in [1.807, 2.05) is 24.3 Å². The van der Waals surface area contributed by atoms with Crippen molar-refractivity contribution in [3.05, 3.63) is 119 Å². The van der Waals surface area contributed by atoms with Gasteiger partial charge in [0.25, 0.3) is 0 Å². The zero-order chi connectivity index (χ0) is 66.8. The molecular weight excluding hydrogens is 1220 g/mol. The lowest BCUT2D eigenvalue weighted by Crippen LogP contribution is -2.60. The van der Waals surface area contributed by atoms with Crippen molar-refractivity contribution in [1.82, 2.24) is 0 Å². The normalized spacial score (nSPS) is 32.9. The van der Waals surface area contributed by atoms with E-state index in [9.17, 15) is 102 Å². The van der Waals surface area contributed by atoms with Crippen LogP contribution < -0.4 is 18.9 Å². The highest BCUT2D eigenvalue weighted by atomic mass is 16.7. The minimum atomic E-state index is -1.55. The van der Waals surface area contributed by atoms with Gasteiger partial charge in [0.05, 0.1) is 26.4 Å². The maximum atomic E-state index is 10.4.